The van der Waals surface area contributed by atoms with Crippen LogP contribution in [-0.4, -0.2) is 18.5 Å². The molecule has 2 N–H and O–H groups in total. The number of hydrogen-bond donors (Lipinski definition) is 2. The van der Waals surface area contributed by atoms with E-state index in [1.165, 1.54) is 6.42 Å². The Morgan fingerprint density at radius 3 is 2.95 bits per heavy atom. The number of rotatable bonds is 3. The number of benzene rings is 1. The molecule has 0 radical (unpaired) electrons. The molecule has 1 aliphatic rings. The van der Waals surface area contributed by atoms with E-state index in [2.05, 4.69) is 10.6 Å². The van der Waals surface area contributed by atoms with Crippen LogP contribution in [0.3, 0.4) is 0 Å². The van der Waals surface area contributed by atoms with Crippen molar-refractivity contribution in [1.82, 2.24) is 10.6 Å². The molecule has 3 nitrogen and oxygen atoms in total. The highest BCUT2D eigenvalue weighted by Crippen LogP contribution is 2.22. The summed E-state index contributed by atoms with van der Waals surface area (Å²) in [4.78, 5) is 12.2. The van der Waals surface area contributed by atoms with Crippen molar-refractivity contribution in [2.75, 3.05) is 6.54 Å². The molecule has 4 heteroatoms. The van der Waals surface area contributed by atoms with E-state index in [-0.39, 0.29) is 18.0 Å². The van der Waals surface area contributed by atoms with Gasteiger partial charge in [-0.25, -0.2) is 0 Å². The molecule has 1 heterocycles. The van der Waals surface area contributed by atoms with Crippen LogP contribution in [0.2, 0.25) is 5.02 Å². The first-order chi connectivity index (χ1) is 9.18. The van der Waals surface area contributed by atoms with Crippen LogP contribution in [0, 0.1) is 0 Å². The molecule has 0 aromatic heterocycles. The molecule has 1 unspecified atom stereocenters. The second kappa shape index (κ2) is 6.92. The average Bonchev–Trinajstić information content (AvgIpc) is 2.68. The monoisotopic (exact) mass is 280 g/mol. The lowest BCUT2D eigenvalue weighted by molar-refractivity contribution is -0.123. The van der Waals surface area contributed by atoms with E-state index in [0.29, 0.717) is 5.02 Å². The molecule has 0 aliphatic carbocycles. The van der Waals surface area contributed by atoms with E-state index in [1.807, 2.05) is 31.2 Å². The zero-order valence-electron chi connectivity index (χ0n) is 11.3. The third-order valence-electron chi connectivity index (χ3n) is 3.61. The molecular weight excluding hydrogens is 260 g/mol. The van der Waals surface area contributed by atoms with Crippen LogP contribution in [0.5, 0.6) is 0 Å². The fraction of sp³-hybridized carbons (Fsp3) is 0.533. The lowest BCUT2D eigenvalue weighted by atomic mass is 10.1. The van der Waals surface area contributed by atoms with Crippen molar-refractivity contribution in [3.05, 3.63) is 34.9 Å². The Bertz CT molecular complexity index is 428. The van der Waals surface area contributed by atoms with Gasteiger partial charge in [0, 0.05) is 5.02 Å². The van der Waals surface area contributed by atoms with Crippen LogP contribution in [0.1, 0.15) is 44.2 Å². The van der Waals surface area contributed by atoms with E-state index in [9.17, 15) is 4.79 Å². The molecule has 0 bridgehead atoms. The van der Waals surface area contributed by atoms with Gasteiger partial charge >= 0.3 is 0 Å². The maximum absolute atomic E-state index is 12.2. The Hall–Kier alpha value is -1.06. The van der Waals surface area contributed by atoms with Crippen molar-refractivity contribution in [3.8, 4) is 0 Å². The molecule has 1 saturated heterocycles. The molecular formula is C15H21ClN2O. The van der Waals surface area contributed by atoms with Gasteiger partial charge in [-0.2, -0.15) is 0 Å². The number of amides is 1. The third-order valence-corrected chi connectivity index (χ3v) is 3.95. The third kappa shape index (κ3) is 3.95. The predicted octanol–water partition coefficient (Wildman–Crippen LogP) is 3.05. The highest BCUT2D eigenvalue weighted by Gasteiger charge is 2.21. The van der Waals surface area contributed by atoms with Crippen molar-refractivity contribution in [3.63, 3.8) is 0 Å². The molecule has 0 saturated carbocycles. The zero-order valence-corrected chi connectivity index (χ0v) is 12.0. The minimum Gasteiger partial charge on any atom is -0.348 e. The van der Waals surface area contributed by atoms with Gasteiger partial charge in [-0.1, -0.05) is 42.6 Å². The molecule has 1 aliphatic heterocycles. The first kappa shape index (κ1) is 14.4. The molecule has 19 heavy (non-hydrogen) atoms. The minimum absolute atomic E-state index is 0.0626. The van der Waals surface area contributed by atoms with Gasteiger partial charge in [-0.05, 0) is 37.9 Å². The highest BCUT2D eigenvalue weighted by molar-refractivity contribution is 6.31. The molecule has 0 spiro atoms. The summed E-state index contributed by atoms with van der Waals surface area (Å²) in [5, 5.41) is 7.05. The summed E-state index contributed by atoms with van der Waals surface area (Å²) in [6.45, 7) is 2.90. The Labute approximate surface area is 119 Å². The summed E-state index contributed by atoms with van der Waals surface area (Å²) in [5.41, 5.74) is 0.964. The Kier molecular flexibility index (Phi) is 5.23. The molecule has 1 fully saturated rings. The quantitative estimate of drug-likeness (QED) is 0.893. The summed E-state index contributed by atoms with van der Waals surface area (Å²) in [6.07, 6.45) is 4.40. The average molecular weight is 281 g/mol. The van der Waals surface area contributed by atoms with Crippen LogP contribution in [-0.2, 0) is 4.79 Å². The number of hydrogen-bond acceptors (Lipinski definition) is 2. The van der Waals surface area contributed by atoms with Crippen LogP contribution >= 0.6 is 11.6 Å². The molecule has 1 amide bonds. The van der Waals surface area contributed by atoms with E-state index in [0.717, 1.165) is 31.4 Å². The summed E-state index contributed by atoms with van der Waals surface area (Å²) >= 11 is 6.15. The van der Waals surface area contributed by atoms with Gasteiger partial charge in [0.15, 0.2) is 0 Å². The van der Waals surface area contributed by atoms with E-state index >= 15 is 0 Å². The highest BCUT2D eigenvalue weighted by atomic mass is 35.5. The van der Waals surface area contributed by atoms with Crippen LogP contribution in [0.15, 0.2) is 24.3 Å². The normalized spacial score (nSPS) is 21.5. The fourth-order valence-corrected chi connectivity index (χ4v) is 2.77. The Balaban J connectivity index is 1.96. The van der Waals surface area contributed by atoms with E-state index < -0.39 is 0 Å². The standard InChI is InChI=1S/C15H21ClN2O/c1-11(12-7-4-5-8-13(12)16)18-15(19)14-9-3-2-6-10-17-14/h4-5,7-8,11,14,17H,2-3,6,9-10H2,1H3,(H,18,19)/t11-,14?/m1/s1. The Morgan fingerprint density at radius 1 is 1.37 bits per heavy atom. The maximum atomic E-state index is 12.2. The van der Waals surface area contributed by atoms with E-state index in [4.69, 9.17) is 11.6 Å². The van der Waals surface area contributed by atoms with Crippen molar-refractivity contribution < 1.29 is 4.79 Å². The van der Waals surface area contributed by atoms with Crippen molar-refractivity contribution >= 4 is 17.5 Å². The lowest BCUT2D eigenvalue weighted by Crippen LogP contribution is -2.44. The van der Waals surface area contributed by atoms with Gasteiger partial charge in [-0.3, -0.25) is 4.79 Å². The maximum Gasteiger partial charge on any atom is 0.237 e. The number of halogens is 1. The van der Waals surface area contributed by atoms with Crippen molar-refractivity contribution in [1.29, 1.82) is 0 Å². The minimum atomic E-state index is -0.0637. The predicted molar refractivity (Wildman–Crippen MR) is 78.3 cm³/mol. The zero-order chi connectivity index (χ0) is 13.7. The largest absolute Gasteiger partial charge is 0.348 e. The summed E-state index contributed by atoms with van der Waals surface area (Å²) in [7, 11) is 0. The number of nitrogens with one attached hydrogen (secondary N) is 2. The SMILES string of the molecule is C[C@@H](NC(=O)C1CCCCCN1)c1ccccc1Cl. The first-order valence-corrected chi connectivity index (χ1v) is 7.34. The molecule has 104 valence electrons. The van der Waals surface area contributed by atoms with Gasteiger partial charge in [0.2, 0.25) is 5.91 Å². The summed E-state index contributed by atoms with van der Waals surface area (Å²) in [5.74, 6) is 0.0781. The molecule has 1 aromatic rings. The van der Waals surface area contributed by atoms with E-state index in [1.54, 1.807) is 0 Å². The molecule has 1 aromatic carbocycles. The number of carbonyl (C=O) groups excluding carboxylic acids is 1. The number of carbonyl (C=O) groups is 1. The fourth-order valence-electron chi connectivity index (χ4n) is 2.47. The van der Waals surface area contributed by atoms with Crippen LogP contribution in [0.4, 0.5) is 0 Å². The first-order valence-electron chi connectivity index (χ1n) is 6.96. The topological polar surface area (TPSA) is 41.1 Å². The van der Waals surface area contributed by atoms with Crippen LogP contribution in [0.25, 0.3) is 0 Å². The van der Waals surface area contributed by atoms with Gasteiger partial charge in [0.1, 0.15) is 0 Å². The van der Waals surface area contributed by atoms with Gasteiger partial charge in [-0.15, -0.1) is 0 Å². The second-order valence-electron chi connectivity index (χ2n) is 5.11. The van der Waals surface area contributed by atoms with Crippen molar-refractivity contribution in [2.45, 2.75) is 44.7 Å². The van der Waals surface area contributed by atoms with Gasteiger partial charge in [0.05, 0.1) is 12.1 Å². The molecule has 2 atom stereocenters. The second-order valence-corrected chi connectivity index (χ2v) is 5.52. The van der Waals surface area contributed by atoms with Gasteiger partial charge < -0.3 is 10.6 Å². The molecule has 2 rings (SSSR count). The smallest absolute Gasteiger partial charge is 0.237 e. The lowest BCUT2D eigenvalue weighted by Gasteiger charge is -2.20. The summed E-state index contributed by atoms with van der Waals surface area (Å²) in [6, 6.07) is 7.51. The van der Waals surface area contributed by atoms with Gasteiger partial charge in [0.25, 0.3) is 0 Å². The Morgan fingerprint density at radius 2 is 2.16 bits per heavy atom. The van der Waals surface area contributed by atoms with Crippen molar-refractivity contribution in [2.24, 2.45) is 0 Å². The van der Waals surface area contributed by atoms with Crippen LogP contribution < -0.4 is 10.6 Å². The summed E-state index contributed by atoms with van der Waals surface area (Å²) < 4.78 is 0.